The number of azo groups is 2. The van der Waals surface area contributed by atoms with Crippen LogP contribution in [0.2, 0.25) is 0 Å². The van der Waals surface area contributed by atoms with Crippen molar-refractivity contribution in [3.8, 4) is 11.5 Å². The molecule has 0 fully saturated rings. The highest BCUT2D eigenvalue weighted by molar-refractivity contribution is 6.08. The highest BCUT2D eigenvalue weighted by atomic mass is 16.4. The molecule has 11 nitrogen and oxygen atoms in total. The molecule has 0 bridgehead atoms. The van der Waals surface area contributed by atoms with Crippen LogP contribution in [0.15, 0.2) is 93.3 Å². The Morgan fingerprint density at radius 2 is 0.892 bits per heavy atom. The maximum Gasteiger partial charge on any atom is 0.339 e. The number of H-pyrrole nitrogens is 1. The molecule has 0 aliphatic carbocycles. The van der Waals surface area contributed by atoms with Crippen LogP contribution >= 0.6 is 0 Å². The van der Waals surface area contributed by atoms with Gasteiger partial charge in [0.2, 0.25) is 0 Å². The van der Waals surface area contributed by atoms with Crippen LogP contribution in [-0.4, -0.2) is 37.3 Å². The van der Waals surface area contributed by atoms with E-state index in [0.717, 1.165) is 21.8 Å². The van der Waals surface area contributed by atoms with Crippen molar-refractivity contribution in [3.05, 3.63) is 83.9 Å². The van der Waals surface area contributed by atoms with Crippen LogP contribution in [0.3, 0.4) is 0 Å². The average molecular weight is 495 g/mol. The number of phenols is 2. The van der Waals surface area contributed by atoms with Gasteiger partial charge in [0, 0.05) is 21.8 Å². The van der Waals surface area contributed by atoms with Gasteiger partial charge in [-0.1, -0.05) is 0 Å². The summed E-state index contributed by atoms with van der Waals surface area (Å²) in [5.41, 5.74) is 2.70. The monoisotopic (exact) mass is 495 g/mol. The lowest BCUT2D eigenvalue weighted by Gasteiger charge is -2.00. The predicted molar refractivity (Wildman–Crippen MR) is 134 cm³/mol. The van der Waals surface area contributed by atoms with E-state index >= 15 is 0 Å². The smallest absolute Gasteiger partial charge is 0.339 e. The molecule has 1 aromatic heterocycles. The molecule has 0 aliphatic heterocycles. The van der Waals surface area contributed by atoms with Crippen molar-refractivity contribution in [2.45, 2.75) is 0 Å². The van der Waals surface area contributed by atoms with Gasteiger partial charge in [-0.3, -0.25) is 0 Å². The Bertz CT molecular complexity index is 1650. The van der Waals surface area contributed by atoms with E-state index in [4.69, 9.17) is 10.2 Å². The van der Waals surface area contributed by atoms with Crippen LogP contribution in [-0.2, 0) is 0 Å². The second-order valence-electron chi connectivity index (χ2n) is 8.00. The topological polar surface area (TPSA) is 180 Å². The summed E-state index contributed by atoms with van der Waals surface area (Å²) in [4.78, 5) is 25.7. The minimum Gasteiger partial charge on any atom is -0.507 e. The summed E-state index contributed by atoms with van der Waals surface area (Å²) in [6, 6.07) is 18.8. The van der Waals surface area contributed by atoms with Gasteiger partial charge < -0.3 is 25.4 Å². The normalized spacial score (nSPS) is 11.7. The van der Waals surface area contributed by atoms with Crippen LogP contribution in [0.5, 0.6) is 11.5 Å². The first-order valence-electron chi connectivity index (χ1n) is 10.8. The molecule has 0 saturated heterocycles. The number of rotatable bonds is 6. The van der Waals surface area contributed by atoms with Crippen molar-refractivity contribution in [3.63, 3.8) is 0 Å². The van der Waals surface area contributed by atoms with Gasteiger partial charge in [0.05, 0.1) is 22.7 Å². The number of carboxylic acid groups (broad SMARTS) is 2. The number of aromatic nitrogens is 1. The third kappa shape index (κ3) is 4.68. The Morgan fingerprint density at radius 1 is 0.541 bits per heavy atom. The van der Waals surface area contributed by atoms with Gasteiger partial charge in [0.1, 0.15) is 22.6 Å². The molecule has 5 aromatic rings. The van der Waals surface area contributed by atoms with Gasteiger partial charge >= 0.3 is 11.9 Å². The van der Waals surface area contributed by atoms with E-state index in [0.29, 0.717) is 11.4 Å². The molecule has 4 aromatic carbocycles. The Hall–Kier alpha value is -5.58. The zero-order valence-electron chi connectivity index (χ0n) is 18.8. The average Bonchev–Trinajstić information content (AvgIpc) is 3.24. The van der Waals surface area contributed by atoms with Crippen molar-refractivity contribution in [1.82, 2.24) is 4.98 Å². The molecule has 0 amide bonds. The zero-order valence-corrected chi connectivity index (χ0v) is 18.8. The SMILES string of the molecule is O=C(O)c1cc(N=Nc2ccc3c(c2)[nH]c2cc(N=Nc4ccc(O)c(C(=O)O)c4)ccc23)ccc1O. The lowest BCUT2D eigenvalue weighted by molar-refractivity contribution is 0.0682. The number of nitrogens with zero attached hydrogens (tertiary/aromatic N) is 4. The number of aromatic hydroxyl groups is 2. The second-order valence-corrected chi connectivity index (χ2v) is 8.00. The number of nitrogens with one attached hydrogen (secondary N) is 1. The highest BCUT2D eigenvalue weighted by Crippen LogP contribution is 2.33. The third-order valence-electron chi connectivity index (χ3n) is 5.55. The standard InChI is InChI=1S/C26H17N5O6/c32-23-7-3-13(9-19(23)25(34)35)28-30-15-1-5-17-18-6-2-16(12-22(18)27-21(17)11-15)31-29-14-4-8-24(33)20(10-14)26(36)37/h1-12,27,32-33H,(H,34,35)(H,36,37). The van der Waals surface area contributed by atoms with Crippen molar-refractivity contribution in [2.24, 2.45) is 20.5 Å². The highest BCUT2D eigenvalue weighted by Gasteiger charge is 2.11. The molecule has 0 radical (unpaired) electrons. The van der Waals surface area contributed by atoms with Gasteiger partial charge in [-0.15, -0.1) is 0 Å². The molecule has 0 aliphatic rings. The predicted octanol–water partition coefficient (Wildman–Crippen LogP) is 6.96. The second kappa shape index (κ2) is 9.23. The summed E-state index contributed by atoms with van der Waals surface area (Å²) in [6.07, 6.45) is 0. The van der Waals surface area contributed by atoms with Crippen LogP contribution in [0, 0.1) is 0 Å². The van der Waals surface area contributed by atoms with Crippen LogP contribution in [0.4, 0.5) is 22.7 Å². The third-order valence-corrected chi connectivity index (χ3v) is 5.55. The fourth-order valence-electron chi connectivity index (χ4n) is 3.76. The van der Waals surface area contributed by atoms with E-state index < -0.39 is 11.9 Å². The van der Waals surface area contributed by atoms with E-state index in [9.17, 15) is 19.8 Å². The van der Waals surface area contributed by atoms with Crippen molar-refractivity contribution < 1.29 is 30.0 Å². The fraction of sp³-hybridized carbons (Fsp3) is 0. The van der Waals surface area contributed by atoms with Gasteiger partial charge in [-0.05, 0) is 72.8 Å². The summed E-state index contributed by atoms with van der Waals surface area (Å²) in [5, 5.41) is 55.9. The summed E-state index contributed by atoms with van der Waals surface area (Å²) in [5.74, 6) is -3.22. The molecule has 37 heavy (non-hydrogen) atoms. The lowest BCUT2D eigenvalue weighted by atomic mass is 10.1. The van der Waals surface area contributed by atoms with Crippen LogP contribution in [0.25, 0.3) is 21.8 Å². The lowest BCUT2D eigenvalue weighted by Crippen LogP contribution is -1.95. The maximum atomic E-state index is 11.2. The van der Waals surface area contributed by atoms with Gasteiger partial charge in [-0.2, -0.15) is 20.5 Å². The number of benzene rings is 4. The zero-order chi connectivity index (χ0) is 26.1. The molecule has 0 unspecified atom stereocenters. The first-order valence-corrected chi connectivity index (χ1v) is 10.8. The Balaban J connectivity index is 1.42. The first-order chi connectivity index (χ1) is 17.8. The minimum absolute atomic E-state index is 0.261. The number of aromatic amines is 1. The summed E-state index contributed by atoms with van der Waals surface area (Å²) < 4.78 is 0. The van der Waals surface area contributed by atoms with Crippen LogP contribution in [0.1, 0.15) is 20.7 Å². The van der Waals surface area contributed by atoms with Gasteiger partial charge in [-0.25, -0.2) is 9.59 Å². The number of aromatic carboxylic acids is 2. The Labute approximate surface area is 207 Å². The quantitative estimate of drug-likeness (QED) is 0.159. The molecule has 0 atom stereocenters. The number of fused-ring (bicyclic) bond motifs is 3. The van der Waals surface area contributed by atoms with Crippen molar-refractivity contribution in [1.29, 1.82) is 0 Å². The van der Waals surface area contributed by atoms with E-state index in [-0.39, 0.29) is 34.0 Å². The van der Waals surface area contributed by atoms with Crippen LogP contribution < -0.4 is 0 Å². The van der Waals surface area contributed by atoms with E-state index in [2.05, 4.69) is 25.4 Å². The van der Waals surface area contributed by atoms with Gasteiger partial charge in [0.25, 0.3) is 0 Å². The van der Waals surface area contributed by atoms with E-state index in [1.54, 1.807) is 24.3 Å². The number of hydrogen-bond donors (Lipinski definition) is 5. The minimum atomic E-state index is -1.26. The first kappa shape index (κ1) is 23.2. The summed E-state index contributed by atoms with van der Waals surface area (Å²) in [6.45, 7) is 0. The Kier molecular flexibility index (Phi) is 5.78. The van der Waals surface area contributed by atoms with E-state index in [1.165, 1.54) is 36.4 Å². The fourth-order valence-corrected chi connectivity index (χ4v) is 3.76. The Morgan fingerprint density at radius 3 is 1.27 bits per heavy atom. The molecule has 0 spiro atoms. The maximum absolute atomic E-state index is 11.2. The molecule has 182 valence electrons. The van der Waals surface area contributed by atoms with Crippen molar-refractivity contribution >= 4 is 56.5 Å². The molecule has 5 N–H and O–H groups in total. The molecule has 0 saturated carbocycles. The summed E-state index contributed by atoms with van der Waals surface area (Å²) in [7, 11) is 0. The molecular formula is C26H17N5O6. The largest absolute Gasteiger partial charge is 0.507 e. The number of carbonyl (C=O) groups is 2. The molecule has 1 heterocycles. The number of carboxylic acids is 2. The molecular weight excluding hydrogens is 478 g/mol. The number of hydrogen-bond acceptors (Lipinski definition) is 8. The van der Waals surface area contributed by atoms with Gasteiger partial charge in [0.15, 0.2) is 0 Å². The summed E-state index contributed by atoms with van der Waals surface area (Å²) >= 11 is 0. The van der Waals surface area contributed by atoms with E-state index in [1.807, 2.05) is 12.1 Å². The molecule has 5 rings (SSSR count). The molecule has 11 heteroatoms. The van der Waals surface area contributed by atoms with Crippen molar-refractivity contribution in [2.75, 3.05) is 0 Å².